The van der Waals surface area contributed by atoms with Crippen LogP contribution in [0.5, 0.6) is 0 Å². The Bertz CT molecular complexity index is 2220. The van der Waals surface area contributed by atoms with Crippen LogP contribution in [-0.2, 0) is 19.4 Å². The molecule has 0 fully saturated rings. The highest BCUT2D eigenvalue weighted by molar-refractivity contribution is 5.59. The van der Waals surface area contributed by atoms with Gasteiger partial charge in [-0.25, -0.2) is 23.7 Å². The van der Waals surface area contributed by atoms with Gasteiger partial charge in [-0.15, -0.1) is 0 Å². The largest absolute Gasteiger partial charge is 0.352 e. The van der Waals surface area contributed by atoms with E-state index in [4.69, 9.17) is 4.98 Å². The predicted octanol–water partition coefficient (Wildman–Crippen LogP) is 10.0. The second-order valence-corrected chi connectivity index (χ2v) is 14.2. The monoisotopic (exact) mass is 740 g/mol. The quantitative estimate of drug-likeness (QED) is 0.161. The molecule has 3 N–H and O–H groups in total. The molecule has 55 heavy (non-hydrogen) atoms. The fourth-order valence-electron chi connectivity index (χ4n) is 6.78. The number of anilines is 5. The highest BCUT2D eigenvalue weighted by atomic mass is 19.1. The Morgan fingerprint density at radius 2 is 1.16 bits per heavy atom. The summed E-state index contributed by atoms with van der Waals surface area (Å²) in [7, 11) is 0. The van der Waals surface area contributed by atoms with Gasteiger partial charge in [0.2, 0.25) is 11.9 Å². The molecule has 2 aliphatic rings. The number of nitrogens with zero attached hydrogens (tertiary/aromatic N) is 5. The van der Waals surface area contributed by atoms with Crippen molar-refractivity contribution in [1.82, 2.24) is 25.3 Å². The van der Waals surface area contributed by atoms with E-state index in [0.717, 1.165) is 71.5 Å². The van der Waals surface area contributed by atoms with Crippen LogP contribution in [0.15, 0.2) is 91.0 Å². The summed E-state index contributed by atoms with van der Waals surface area (Å²) >= 11 is 0. The molecule has 2 aliphatic heterocycles. The second-order valence-electron chi connectivity index (χ2n) is 14.2. The van der Waals surface area contributed by atoms with E-state index in [-0.39, 0.29) is 11.6 Å². The van der Waals surface area contributed by atoms with Crippen molar-refractivity contribution in [2.24, 2.45) is 0 Å². The van der Waals surface area contributed by atoms with Crippen LogP contribution in [0.2, 0.25) is 0 Å². The molecule has 0 amide bonds. The minimum atomic E-state index is -0.260. The summed E-state index contributed by atoms with van der Waals surface area (Å²) in [5, 5.41) is 9.68. The molecule has 1 atom stereocenters. The molecule has 284 valence electrons. The molecule has 0 spiro atoms. The van der Waals surface area contributed by atoms with Gasteiger partial charge >= 0.3 is 0 Å². The molecule has 0 radical (unpaired) electrons. The van der Waals surface area contributed by atoms with Crippen LogP contribution in [0.4, 0.5) is 37.9 Å². The summed E-state index contributed by atoms with van der Waals surface area (Å²) in [4.78, 5) is 20.4. The molecule has 4 heterocycles. The number of aromatic nitrogens is 4. The molecule has 8 rings (SSSR count). The van der Waals surface area contributed by atoms with Crippen LogP contribution >= 0.6 is 0 Å². The van der Waals surface area contributed by atoms with Gasteiger partial charge in [0, 0.05) is 53.2 Å². The van der Waals surface area contributed by atoms with Gasteiger partial charge in [-0.2, -0.15) is 4.98 Å². The van der Waals surface area contributed by atoms with Crippen molar-refractivity contribution in [1.29, 1.82) is 0 Å². The van der Waals surface area contributed by atoms with Crippen LogP contribution in [0.1, 0.15) is 69.0 Å². The molecule has 10 heteroatoms. The minimum absolute atomic E-state index is 0.257. The summed E-state index contributed by atoms with van der Waals surface area (Å²) in [6, 6.07) is 28.1. The molecule has 0 aliphatic carbocycles. The SMILES string of the molecule is CC1NCCc2ccccc21.Cc1cccc2c1CN(c1nc(Nc3ccc(F)cc3)nc(C)c1C)CC2.Cc1nc(Nc2ccc(F)cc2)nc(C)c1C. The Hall–Kier alpha value is -5.74. The number of aryl methyl sites for hydroxylation is 4. The summed E-state index contributed by atoms with van der Waals surface area (Å²) in [5.41, 5.74) is 13.7. The van der Waals surface area contributed by atoms with Gasteiger partial charge in [-0.3, -0.25) is 0 Å². The van der Waals surface area contributed by atoms with Crippen LogP contribution in [0.3, 0.4) is 0 Å². The number of hydrogen-bond donors (Lipinski definition) is 3. The first-order chi connectivity index (χ1) is 26.4. The van der Waals surface area contributed by atoms with E-state index in [9.17, 15) is 8.78 Å². The maximum absolute atomic E-state index is 13.1. The lowest BCUT2D eigenvalue weighted by Crippen LogP contribution is -2.32. The van der Waals surface area contributed by atoms with Crippen molar-refractivity contribution in [2.45, 2.75) is 73.9 Å². The van der Waals surface area contributed by atoms with Crippen LogP contribution < -0.4 is 20.9 Å². The Morgan fingerprint density at radius 3 is 1.76 bits per heavy atom. The first-order valence-corrected chi connectivity index (χ1v) is 18.8. The standard InChI is InChI=1S/C22H23FN4.C13H14FN3.C10H13N/c1-14-5-4-6-17-11-12-27(13-20(14)17)21-15(2)16(3)24-22(26-21)25-19-9-7-18(23)8-10-19;1-8-9(2)15-13(16-10(8)3)17-12-6-4-11(14)5-7-12;1-8-10-5-3-2-4-9(10)6-7-11-8/h4-10H,11-13H2,1-3H3,(H,24,25,26);4-7H,1-3H3,(H,15,16,17);2-5,8,11H,6-7H2,1H3. The highest BCUT2D eigenvalue weighted by Gasteiger charge is 2.22. The lowest BCUT2D eigenvalue weighted by atomic mass is 9.95. The van der Waals surface area contributed by atoms with Gasteiger partial charge in [0.15, 0.2) is 0 Å². The normalized spacial score (nSPS) is 14.3. The van der Waals surface area contributed by atoms with Crippen LogP contribution in [0, 0.1) is 53.2 Å². The van der Waals surface area contributed by atoms with Crippen molar-refractivity contribution in [3.63, 3.8) is 0 Å². The third-order valence-electron chi connectivity index (χ3n) is 10.4. The number of hydrogen-bond acceptors (Lipinski definition) is 8. The van der Waals surface area contributed by atoms with E-state index in [0.29, 0.717) is 17.9 Å². The molecule has 8 nitrogen and oxygen atoms in total. The molecule has 1 unspecified atom stereocenters. The zero-order valence-electron chi connectivity index (χ0n) is 32.8. The van der Waals surface area contributed by atoms with Gasteiger partial charge in [0.25, 0.3) is 0 Å². The van der Waals surface area contributed by atoms with E-state index >= 15 is 0 Å². The number of benzene rings is 4. The first-order valence-electron chi connectivity index (χ1n) is 18.8. The van der Waals surface area contributed by atoms with Crippen LogP contribution in [-0.4, -0.2) is 33.0 Å². The topological polar surface area (TPSA) is 90.9 Å². The van der Waals surface area contributed by atoms with Crippen molar-refractivity contribution < 1.29 is 8.78 Å². The lowest BCUT2D eigenvalue weighted by molar-refractivity contribution is 0.541. The summed E-state index contributed by atoms with van der Waals surface area (Å²) in [6.07, 6.45) is 2.20. The number of halogens is 2. The summed E-state index contributed by atoms with van der Waals surface area (Å²) in [5.74, 6) is 1.52. The summed E-state index contributed by atoms with van der Waals surface area (Å²) in [6.45, 7) is 17.3. The molecule has 0 bridgehead atoms. The van der Waals surface area contributed by atoms with Gasteiger partial charge < -0.3 is 20.9 Å². The average molecular weight is 741 g/mol. The fourth-order valence-corrected chi connectivity index (χ4v) is 6.78. The number of fused-ring (bicyclic) bond motifs is 2. The first kappa shape index (κ1) is 39.0. The van der Waals surface area contributed by atoms with Gasteiger partial charge in [0.05, 0.1) is 0 Å². The van der Waals surface area contributed by atoms with Gasteiger partial charge in [0.1, 0.15) is 17.5 Å². The van der Waals surface area contributed by atoms with E-state index in [1.54, 1.807) is 24.3 Å². The van der Waals surface area contributed by atoms with Crippen molar-refractivity contribution in [3.05, 3.63) is 159 Å². The van der Waals surface area contributed by atoms with E-state index in [2.05, 4.69) is 99.0 Å². The van der Waals surface area contributed by atoms with Crippen LogP contribution in [0.25, 0.3) is 0 Å². The lowest BCUT2D eigenvalue weighted by Gasteiger charge is -2.32. The van der Waals surface area contributed by atoms with E-state index < -0.39 is 0 Å². The van der Waals surface area contributed by atoms with Gasteiger partial charge in [-0.05, 0) is 150 Å². The third-order valence-corrected chi connectivity index (χ3v) is 10.4. The molecule has 0 saturated heterocycles. The van der Waals surface area contributed by atoms with E-state index in [1.165, 1.54) is 58.5 Å². The van der Waals surface area contributed by atoms with Gasteiger partial charge in [-0.1, -0.05) is 42.5 Å². The maximum Gasteiger partial charge on any atom is 0.229 e. The van der Waals surface area contributed by atoms with E-state index in [1.807, 2.05) is 27.7 Å². The fraction of sp³-hybridized carbons (Fsp3) is 0.289. The predicted molar refractivity (Wildman–Crippen MR) is 220 cm³/mol. The zero-order chi connectivity index (χ0) is 39.1. The maximum atomic E-state index is 13.1. The highest BCUT2D eigenvalue weighted by Crippen LogP contribution is 2.30. The Labute approximate surface area is 323 Å². The molecule has 2 aromatic heterocycles. The average Bonchev–Trinajstić information content (AvgIpc) is 3.18. The summed E-state index contributed by atoms with van der Waals surface area (Å²) < 4.78 is 25.9. The molecule has 4 aromatic carbocycles. The minimum Gasteiger partial charge on any atom is -0.352 e. The Balaban J connectivity index is 0.000000156. The molecule has 0 saturated carbocycles. The molecular weight excluding hydrogens is 691 g/mol. The number of nitrogens with one attached hydrogen (secondary N) is 3. The Morgan fingerprint density at radius 1 is 0.618 bits per heavy atom. The second kappa shape index (κ2) is 17.6. The molecule has 6 aromatic rings. The molecular formula is C45H50F2N8. The zero-order valence-corrected chi connectivity index (χ0v) is 32.8. The third kappa shape index (κ3) is 9.88. The number of rotatable bonds is 5. The van der Waals surface area contributed by atoms with Crippen molar-refractivity contribution >= 4 is 29.1 Å². The smallest absolute Gasteiger partial charge is 0.229 e. The van der Waals surface area contributed by atoms with Crippen molar-refractivity contribution in [3.8, 4) is 0 Å². The Kier molecular flexibility index (Phi) is 12.5. The van der Waals surface area contributed by atoms with Crippen molar-refractivity contribution in [2.75, 3.05) is 28.6 Å².